The molecule has 22 heavy (non-hydrogen) atoms. The maximum atomic E-state index is 12.3. The van der Waals surface area contributed by atoms with Crippen molar-refractivity contribution >= 4 is 29.0 Å². The lowest BCUT2D eigenvalue weighted by Crippen LogP contribution is -2.14. The van der Waals surface area contributed by atoms with Gasteiger partial charge in [-0.05, 0) is 36.6 Å². The monoisotopic (exact) mass is 313 g/mol. The van der Waals surface area contributed by atoms with Crippen LogP contribution in [0, 0.1) is 21.4 Å². The van der Waals surface area contributed by atoms with Gasteiger partial charge >= 0.3 is 0 Å². The summed E-state index contributed by atoms with van der Waals surface area (Å²) in [5.41, 5.74) is 0.531. The van der Waals surface area contributed by atoms with Crippen LogP contribution in [0.25, 0.3) is 0 Å². The van der Waals surface area contributed by atoms with Crippen molar-refractivity contribution in [1.82, 2.24) is 0 Å². The third kappa shape index (κ3) is 3.42. The number of nitrogens with zero attached hydrogens (tertiary/aromatic N) is 2. The molecule has 6 nitrogen and oxygen atoms in total. The number of amides is 1. The average molecular weight is 313 g/mol. The fraction of sp³-hybridized carbons (Fsp3) is 0.0667. The summed E-state index contributed by atoms with van der Waals surface area (Å²) < 4.78 is 0. The van der Waals surface area contributed by atoms with Crippen LogP contribution in [0.3, 0.4) is 0 Å². The summed E-state index contributed by atoms with van der Waals surface area (Å²) in [5, 5.41) is 22.5. The fourth-order valence-corrected chi connectivity index (χ4v) is 2.29. The van der Waals surface area contributed by atoms with Crippen molar-refractivity contribution in [3.63, 3.8) is 0 Å². The van der Waals surface area contributed by atoms with Crippen LogP contribution >= 0.6 is 11.8 Å². The first-order chi connectivity index (χ1) is 10.5. The van der Waals surface area contributed by atoms with E-state index in [0.29, 0.717) is 11.3 Å². The van der Waals surface area contributed by atoms with Gasteiger partial charge < -0.3 is 5.32 Å². The molecule has 0 heterocycles. The summed E-state index contributed by atoms with van der Waals surface area (Å²) in [6, 6.07) is 12.7. The highest BCUT2D eigenvalue weighted by molar-refractivity contribution is 7.98. The van der Waals surface area contributed by atoms with Gasteiger partial charge in [0.05, 0.1) is 16.6 Å². The lowest BCUT2D eigenvalue weighted by Gasteiger charge is -2.07. The fourth-order valence-electron chi connectivity index (χ4n) is 1.85. The second-order valence-electron chi connectivity index (χ2n) is 4.29. The molecule has 7 heteroatoms. The topological polar surface area (TPSA) is 96.0 Å². The van der Waals surface area contributed by atoms with Gasteiger partial charge in [-0.2, -0.15) is 5.26 Å². The van der Waals surface area contributed by atoms with Crippen molar-refractivity contribution < 1.29 is 9.72 Å². The number of nitro groups is 1. The highest BCUT2D eigenvalue weighted by Crippen LogP contribution is 2.25. The first kappa shape index (κ1) is 15.5. The third-order valence-electron chi connectivity index (χ3n) is 2.89. The molecule has 1 N–H and O–H groups in total. The van der Waals surface area contributed by atoms with Gasteiger partial charge in [-0.1, -0.05) is 6.07 Å². The smallest absolute Gasteiger partial charge is 0.282 e. The van der Waals surface area contributed by atoms with Crippen molar-refractivity contribution in [2.45, 2.75) is 4.90 Å². The van der Waals surface area contributed by atoms with Crippen molar-refractivity contribution in [2.24, 2.45) is 0 Å². The Kier molecular flexibility index (Phi) is 4.76. The van der Waals surface area contributed by atoms with Gasteiger partial charge in [-0.15, -0.1) is 11.8 Å². The predicted octanol–water partition coefficient (Wildman–Crippen LogP) is 3.44. The lowest BCUT2D eigenvalue weighted by atomic mass is 10.1. The number of anilines is 1. The molecule has 0 spiro atoms. The van der Waals surface area contributed by atoms with Gasteiger partial charge in [-0.25, -0.2) is 0 Å². The maximum absolute atomic E-state index is 12.3. The predicted molar refractivity (Wildman–Crippen MR) is 84.0 cm³/mol. The number of nitro benzene ring substituents is 1. The summed E-state index contributed by atoms with van der Waals surface area (Å²) in [6.45, 7) is 0. The van der Waals surface area contributed by atoms with Gasteiger partial charge in [-0.3, -0.25) is 14.9 Å². The second-order valence-corrected chi connectivity index (χ2v) is 5.17. The lowest BCUT2D eigenvalue weighted by molar-refractivity contribution is -0.385. The van der Waals surface area contributed by atoms with E-state index in [-0.39, 0.29) is 11.3 Å². The van der Waals surface area contributed by atoms with Crippen LogP contribution in [0.4, 0.5) is 11.4 Å². The van der Waals surface area contributed by atoms with E-state index in [1.807, 2.05) is 12.3 Å². The minimum absolute atomic E-state index is 0.0146. The minimum atomic E-state index is -0.593. The maximum Gasteiger partial charge on any atom is 0.282 e. The van der Waals surface area contributed by atoms with E-state index in [0.717, 1.165) is 4.90 Å². The van der Waals surface area contributed by atoms with Crippen molar-refractivity contribution in [1.29, 1.82) is 5.26 Å². The molecule has 0 aliphatic heterocycles. The third-order valence-corrected chi connectivity index (χ3v) is 3.62. The molecule has 2 rings (SSSR count). The summed E-state index contributed by atoms with van der Waals surface area (Å²) in [6.07, 6.45) is 1.82. The molecule has 0 fully saturated rings. The molecule has 0 saturated carbocycles. The summed E-state index contributed by atoms with van der Waals surface area (Å²) in [4.78, 5) is 23.5. The molecule has 0 aliphatic rings. The van der Waals surface area contributed by atoms with Gasteiger partial charge in [0.1, 0.15) is 5.56 Å². The molecule has 2 aromatic rings. The number of hydrogen-bond donors (Lipinski definition) is 1. The molecule has 2 aromatic carbocycles. The molecule has 110 valence electrons. The van der Waals surface area contributed by atoms with Crippen molar-refractivity contribution in [3.8, 4) is 6.07 Å². The first-order valence-electron chi connectivity index (χ1n) is 6.19. The standard InChI is InChI=1S/C15H11N3O3S/c1-22-12-5-6-14(18(20)21)13(8-12)15(19)17-11-4-2-3-10(7-11)9-16/h2-8H,1H3,(H,17,19). The van der Waals surface area contributed by atoms with Crippen LogP contribution in [-0.2, 0) is 0 Å². The van der Waals surface area contributed by atoms with Gasteiger partial charge in [0.15, 0.2) is 0 Å². The normalized spacial score (nSPS) is 9.82. The number of thioether (sulfide) groups is 1. The molecule has 0 bridgehead atoms. The number of carbonyl (C=O) groups excluding carboxylic acids is 1. The van der Waals surface area contributed by atoms with Gasteiger partial charge in [0.25, 0.3) is 11.6 Å². The Hall–Kier alpha value is -2.85. The van der Waals surface area contributed by atoms with E-state index < -0.39 is 10.8 Å². The Bertz CT molecular complexity index is 784. The van der Waals surface area contributed by atoms with E-state index in [1.165, 1.54) is 30.0 Å². The highest BCUT2D eigenvalue weighted by Gasteiger charge is 2.20. The van der Waals surface area contributed by atoms with E-state index in [9.17, 15) is 14.9 Å². The zero-order valence-corrected chi connectivity index (χ0v) is 12.4. The molecule has 0 aromatic heterocycles. The van der Waals surface area contributed by atoms with Gasteiger partial charge in [0.2, 0.25) is 0 Å². The largest absolute Gasteiger partial charge is 0.322 e. The van der Waals surface area contributed by atoms with Crippen LogP contribution in [0.2, 0.25) is 0 Å². The molecule has 0 radical (unpaired) electrons. The first-order valence-corrected chi connectivity index (χ1v) is 7.41. The molecule has 0 aliphatic carbocycles. The van der Waals surface area contributed by atoms with Crippen molar-refractivity contribution in [2.75, 3.05) is 11.6 Å². The number of nitrogens with one attached hydrogen (secondary N) is 1. The zero-order chi connectivity index (χ0) is 16.1. The Labute approximate surface area is 130 Å². The molecule has 1 amide bonds. The van der Waals surface area contributed by atoms with E-state index in [2.05, 4.69) is 5.32 Å². The summed E-state index contributed by atoms with van der Waals surface area (Å²) in [7, 11) is 0. The van der Waals surface area contributed by atoms with Crippen LogP contribution in [0.15, 0.2) is 47.4 Å². The van der Waals surface area contributed by atoms with Crippen LogP contribution in [0.1, 0.15) is 15.9 Å². The SMILES string of the molecule is CSc1ccc([N+](=O)[O-])c(C(=O)Nc2cccc(C#N)c2)c1. The second kappa shape index (κ2) is 6.74. The van der Waals surface area contributed by atoms with E-state index in [4.69, 9.17) is 5.26 Å². The zero-order valence-electron chi connectivity index (χ0n) is 11.6. The molecule has 0 atom stereocenters. The highest BCUT2D eigenvalue weighted by atomic mass is 32.2. The minimum Gasteiger partial charge on any atom is -0.322 e. The number of hydrogen-bond acceptors (Lipinski definition) is 5. The number of nitriles is 1. The van der Waals surface area contributed by atoms with Crippen LogP contribution < -0.4 is 5.32 Å². The van der Waals surface area contributed by atoms with Gasteiger partial charge in [0, 0.05) is 16.6 Å². The number of carbonyl (C=O) groups is 1. The Morgan fingerprint density at radius 1 is 1.32 bits per heavy atom. The Balaban J connectivity index is 2.36. The molecule has 0 unspecified atom stereocenters. The van der Waals surface area contributed by atoms with Crippen LogP contribution in [-0.4, -0.2) is 17.1 Å². The van der Waals surface area contributed by atoms with Crippen molar-refractivity contribution in [3.05, 3.63) is 63.7 Å². The molecule has 0 saturated heterocycles. The number of benzene rings is 2. The Morgan fingerprint density at radius 3 is 2.73 bits per heavy atom. The Morgan fingerprint density at radius 2 is 2.09 bits per heavy atom. The average Bonchev–Trinajstić information content (AvgIpc) is 2.54. The number of rotatable bonds is 4. The summed E-state index contributed by atoms with van der Waals surface area (Å²) >= 11 is 1.39. The molecular weight excluding hydrogens is 302 g/mol. The summed E-state index contributed by atoms with van der Waals surface area (Å²) in [5.74, 6) is -0.585. The quantitative estimate of drug-likeness (QED) is 0.530. The van der Waals surface area contributed by atoms with E-state index >= 15 is 0 Å². The van der Waals surface area contributed by atoms with E-state index in [1.54, 1.807) is 24.3 Å². The van der Waals surface area contributed by atoms with Crippen LogP contribution in [0.5, 0.6) is 0 Å². The molecular formula is C15H11N3O3S.